The van der Waals surface area contributed by atoms with E-state index in [1.165, 1.54) is 51.7 Å². The molecule has 2 N–H and O–H groups in total. The molecule has 1 unspecified atom stereocenters. The number of carbonyl (C=O) groups excluding carboxylic acids is 1. The van der Waals surface area contributed by atoms with Crippen molar-refractivity contribution in [3.05, 3.63) is 0 Å². The maximum atomic E-state index is 11.8. The lowest BCUT2D eigenvalue weighted by Crippen LogP contribution is -2.43. The van der Waals surface area contributed by atoms with Crippen molar-refractivity contribution < 1.29 is 4.79 Å². The van der Waals surface area contributed by atoms with E-state index in [-0.39, 0.29) is 5.91 Å². The Bertz CT molecular complexity index is 311. The van der Waals surface area contributed by atoms with Gasteiger partial charge in [0.15, 0.2) is 0 Å². The molecule has 1 amide bonds. The van der Waals surface area contributed by atoms with Gasteiger partial charge in [0.1, 0.15) is 0 Å². The smallest absolute Gasteiger partial charge is 0.221 e. The largest absolute Gasteiger partial charge is 0.356 e. The number of carbonyl (C=O) groups is 1. The van der Waals surface area contributed by atoms with Crippen molar-refractivity contribution in [2.75, 3.05) is 26.2 Å². The number of hydrogen-bond donors (Lipinski definition) is 2. The summed E-state index contributed by atoms with van der Waals surface area (Å²) in [6, 6.07) is 1.29. The van der Waals surface area contributed by atoms with Crippen LogP contribution in [0.4, 0.5) is 0 Å². The number of rotatable bonds is 4. The Labute approximate surface area is 116 Å². The van der Waals surface area contributed by atoms with Crippen molar-refractivity contribution in [1.29, 1.82) is 0 Å². The van der Waals surface area contributed by atoms with Gasteiger partial charge in [0.2, 0.25) is 5.91 Å². The van der Waals surface area contributed by atoms with Gasteiger partial charge in [-0.15, -0.1) is 0 Å². The summed E-state index contributed by atoms with van der Waals surface area (Å²) in [4.78, 5) is 14.5. The number of hydrogen-bond acceptors (Lipinski definition) is 3. The van der Waals surface area contributed by atoms with Crippen molar-refractivity contribution in [2.45, 2.75) is 57.0 Å². The molecule has 0 aromatic rings. The second-order valence-corrected chi connectivity index (χ2v) is 6.47. The highest BCUT2D eigenvalue weighted by Gasteiger charge is 2.36. The Morgan fingerprint density at radius 1 is 1.00 bits per heavy atom. The molecule has 4 heteroatoms. The average molecular weight is 265 g/mol. The molecule has 1 saturated carbocycles. The zero-order valence-electron chi connectivity index (χ0n) is 11.9. The molecule has 19 heavy (non-hydrogen) atoms. The topological polar surface area (TPSA) is 44.4 Å². The summed E-state index contributed by atoms with van der Waals surface area (Å²) in [5, 5.41) is 6.46. The first kappa shape index (κ1) is 13.4. The molecule has 2 saturated heterocycles. The third kappa shape index (κ3) is 3.69. The van der Waals surface area contributed by atoms with Crippen LogP contribution < -0.4 is 10.6 Å². The number of nitrogens with one attached hydrogen (secondary N) is 2. The fraction of sp³-hybridized carbons (Fsp3) is 0.933. The maximum absolute atomic E-state index is 11.8. The molecule has 0 aromatic carbocycles. The minimum atomic E-state index is 0.262. The van der Waals surface area contributed by atoms with E-state index in [1.807, 2.05) is 0 Å². The van der Waals surface area contributed by atoms with Crippen molar-refractivity contribution in [3.8, 4) is 0 Å². The Balaban J connectivity index is 1.60. The second kappa shape index (κ2) is 6.23. The van der Waals surface area contributed by atoms with Crippen LogP contribution in [0.2, 0.25) is 0 Å². The highest BCUT2D eigenvalue weighted by atomic mass is 16.1. The molecule has 3 rings (SSSR count). The Morgan fingerprint density at radius 2 is 1.79 bits per heavy atom. The summed E-state index contributed by atoms with van der Waals surface area (Å²) in [6.07, 6.45) is 8.38. The van der Waals surface area contributed by atoms with Crippen LogP contribution in [0.15, 0.2) is 0 Å². The highest BCUT2D eigenvalue weighted by molar-refractivity contribution is 5.76. The fourth-order valence-electron chi connectivity index (χ4n) is 3.60. The van der Waals surface area contributed by atoms with Crippen LogP contribution in [0.5, 0.6) is 0 Å². The summed E-state index contributed by atoms with van der Waals surface area (Å²) in [6.45, 7) is 4.45. The van der Waals surface area contributed by atoms with Crippen LogP contribution in [0.3, 0.4) is 0 Å². The molecule has 0 radical (unpaired) electrons. The first-order valence-corrected chi connectivity index (χ1v) is 8.06. The molecule has 3 fully saturated rings. The van der Waals surface area contributed by atoms with Crippen molar-refractivity contribution in [1.82, 2.24) is 15.5 Å². The summed E-state index contributed by atoms with van der Waals surface area (Å²) in [5.74, 6) is 1.10. The molecule has 3 aliphatic rings. The van der Waals surface area contributed by atoms with Crippen LogP contribution in [0.1, 0.15) is 44.9 Å². The average Bonchev–Trinajstić information content (AvgIpc) is 3.25. The van der Waals surface area contributed by atoms with Crippen molar-refractivity contribution >= 4 is 5.91 Å². The monoisotopic (exact) mass is 265 g/mol. The molecule has 0 bridgehead atoms. The minimum Gasteiger partial charge on any atom is -0.356 e. The van der Waals surface area contributed by atoms with Crippen LogP contribution >= 0.6 is 0 Å². The van der Waals surface area contributed by atoms with Gasteiger partial charge in [-0.3, -0.25) is 9.69 Å². The van der Waals surface area contributed by atoms with Crippen molar-refractivity contribution in [2.24, 2.45) is 5.92 Å². The molecule has 0 aromatic heterocycles. The van der Waals surface area contributed by atoms with E-state index in [0.717, 1.165) is 31.3 Å². The second-order valence-electron chi connectivity index (χ2n) is 6.47. The van der Waals surface area contributed by atoms with E-state index < -0.39 is 0 Å². The predicted molar refractivity (Wildman–Crippen MR) is 76.0 cm³/mol. The van der Waals surface area contributed by atoms with E-state index in [1.54, 1.807) is 0 Å². The van der Waals surface area contributed by atoms with E-state index in [4.69, 9.17) is 0 Å². The van der Waals surface area contributed by atoms with E-state index in [0.29, 0.717) is 6.04 Å². The van der Waals surface area contributed by atoms with Gasteiger partial charge in [-0.1, -0.05) is 0 Å². The lowest BCUT2D eigenvalue weighted by molar-refractivity contribution is -0.121. The van der Waals surface area contributed by atoms with Crippen molar-refractivity contribution in [3.63, 3.8) is 0 Å². The summed E-state index contributed by atoms with van der Waals surface area (Å²) in [5.41, 5.74) is 0. The Hall–Kier alpha value is -0.610. The summed E-state index contributed by atoms with van der Waals surface area (Å²) in [7, 11) is 0. The number of piperidine rings is 1. The highest BCUT2D eigenvalue weighted by Crippen LogP contribution is 2.33. The summed E-state index contributed by atoms with van der Waals surface area (Å²) >= 11 is 0. The normalized spacial score (nSPS) is 30.2. The first-order valence-electron chi connectivity index (χ1n) is 8.06. The lowest BCUT2D eigenvalue weighted by atomic mass is 9.95. The molecular formula is C15H27N3O. The van der Waals surface area contributed by atoms with Gasteiger partial charge in [0.25, 0.3) is 0 Å². The Morgan fingerprint density at radius 3 is 2.53 bits per heavy atom. The van der Waals surface area contributed by atoms with Gasteiger partial charge in [0.05, 0.1) is 0 Å². The number of nitrogens with zero attached hydrogens (tertiary/aromatic N) is 1. The number of amides is 1. The SMILES string of the molecule is O=C1CC(N(CC2CCNCC2)C2CC2)CCCN1. The third-order valence-corrected chi connectivity index (χ3v) is 4.87. The fourth-order valence-corrected chi connectivity index (χ4v) is 3.60. The van der Waals surface area contributed by atoms with Gasteiger partial charge in [0, 0.05) is 31.6 Å². The lowest BCUT2D eigenvalue weighted by Gasteiger charge is -2.35. The van der Waals surface area contributed by atoms with E-state index in [9.17, 15) is 4.79 Å². The molecule has 2 heterocycles. The molecule has 0 spiro atoms. The van der Waals surface area contributed by atoms with Gasteiger partial charge < -0.3 is 10.6 Å². The van der Waals surface area contributed by atoms with Gasteiger partial charge in [-0.2, -0.15) is 0 Å². The Kier molecular flexibility index (Phi) is 4.38. The zero-order valence-corrected chi connectivity index (χ0v) is 11.9. The van der Waals surface area contributed by atoms with Gasteiger partial charge in [-0.05, 0) is 57.5 Å². The third-order valence-electron chi connectivity index (χ3n) is 4.87. The standard InChI is InChI=1S/C15H27N3O/c19-15-10-14(2-1-7-17-15)18(13-3-4-13)11-12-5-8-16-9-6-12/h12-14,16H,1-11H2,(H,17,19). The van der Waals surface area contributed by atoms with Crippen LogP contribution in [-0.2, 0) is 4.79 Å². The molecule has 1 aliphatic carbocycles. The maximum Gasteiger partial charge on any atom is 0.221 e. The van der Waals surface area contributed by atoms with Crippen LogP contribution in [0.25, 0.3) is 0 Å². The molecule has 2 aliphatic heterocycles. The molecular weight excluding hydrogens is 238 g/mol. The zero-order chi connectivity index (χ0) is 13.1. The summed E-state index contributed by atoms with van der Waals surface area (Å²) < 4.78 is 0. The minimum absolute atomic E-state index is 0.262. The molecule has 4 nitrogen and oxygen atoms in total. The van der Waals surface area contributed by atoms with Crippen LogP contribution in [0, 0.1) is 5.92 Å². The van der Waals surface area contributed by atoms with Gasteiger partial charge >= 0.3 is 0 Å². The predicted octanol–water partition coefficient (Wildman–Crippen LogP) is 1.12. The first-order chi connectivity index (χ1) is 9.33. The van der Waals surface area contributed by atoms with Crippen LogP contribution in [-0.4, -0.2) is 49.1 Å². The van der Waals surface area contributed by atoms with Gasteiger partial charge in [-0.25, -0.2) is 0 Å². The molecule has 108 valence electrons. The quantitative estimate of drug-likeness (QED) is 0.800. The molecule has 1 atom stereocenters. The van der Waals surface area contributed by atoms with E-state index in [2.05, 4.69) is 15.5 Å². The van der Waals surface area contributed by atoms with E-state index >= 15 is 0 Å².